The fourth-order valence-electron chi connectivity index (χ4n) is 1.40. The molecule has 0 heterocycles. The zero-order chi connectivity index (χ0) is 14.4. The van der Waals surface area contributed by atoms with Crippen LogP contribution in [0.25, 0.3) is 0 Å². The predicted octanol–water partition coefficient (Wildman–Crippen LogP) is 2.56. The van der Waals surface area contributed by atoms with E-state index in [0.29, 0.717) is 11.6 Å². The minimum absolute atomic E-state index is 0.174. The second kappa shape index (κ2) is 8.29. The van der Waals surface area contributed by atoms with Crippen LogP contribution in [0.1, 0.15) is 17.3 Å². The Labute approximate surface area is 139 Å². The molecule has 0 unspecified atom stereocenters. The van der Waals surface area contributed by atoms with Crippen LogP contribution in [0.15, 0.2) is 12.1 Å². The molecule has 0 aromatic heterocycles. The summed E-state index contributed by atoms with van der Waals surface area (Å²) in [5.41, 5.74) is 0.174. The normalized spacial score (nSPS) is 10.6. The molecule has 1 rings (SSSR count). The van der Waals surface area contributed by atoms with Crippen LogP contribution in [-0.2, 0) is 4.74 Å². The number of likely N-dealkylation sites (N-methyl/N-ethyl adjacent to an activating group) is 1. The van der Waals surface area contributed by atoms with Crippen molar-refractivity contribution in [3.63, 3.8) is 0 Å². The van der Waals surface area contributed by atoms with Gasteiger partial charge in [0.15, 0.2) is 0 Å². The van der Waals surface area contributed by atoms with E-state index >= 15 is 0 Å². The van der Waals surface area contributed by atoms with E-state index in [1.165, 1.54) is 7.11 Å². The van der Waals surface area contributed by atoms with E-state index < -0.39 is 5.97 Å². The van der Waals surface area contributed by atoms with Gasteiger partial charge in [-0.2, -0.15) is 0 Å². The summed E-state index contributed by atoms with van der Waals surface area (Å²) in [6.07, 6.45) is 0. The Morgan fingerprint density at radius 1 is 1.37 bits per heavy atom. The molecule has 7 heteroatoms. The van der Waals surface area contributed by atoms with Crippen molar-refractivity contribution in [2.75, 3.05) is 26.8 Å². The van der Waals surface area contributed by atoms with Crippen LogP contribution in [0.5, 0.6) is 5.75 Å². The summed E-state index contributed by atoms with van der Waals surface area (Å²) in [6.45, 7) is 4.05. The van der Waals surface area contributed by atoms with E-state index in [9.17, 15) is 4.79 Å². The molecule has 0 fully saturated rings. The number of halogens is 2. The number of hydrogen-bond donors (Lipinski definition) is 0. The first kappa shape index (κ1) is 17.0. The quantitative estimate of drug-likeness (QED) is 0.447. The maximum atomic E-state index is 12.0. The molecule has 0 saturated heterocycles. The summed E-state index contributed by atoms with van der Waals surface area (Å²) in [7, 11) is 1.44. The Bertz CT molecular complexity index is 457. The second-order valence-electron chi connectivity index (χ2n) is 3.65. The Hall–Kier alpha value is -0.0479. The van der Waals surface area contributed by atoms with Crippen LogP contribution < -0.4 is 4.74 Å². The summed E-state index contributed by atoms with van der Waals surface area (Å²) in [4.78, 5) is 12.0. The molecule has 1 aromatic carbocycles. The third kappa shape index (κ3) is 4.77. The molecule has 103 valence electrons. The van der Waals surface area contributed by atoms with Gasteiger partial charge in [0.1, 0.15) is 0 Å². The van der Waals surface area contributed by atoms with Crippen LogP contribution >= 0.6 is 23.2 Å². The van der Waals surface area contributed by atoms with E-state index in [0.717, 1.165) is 39.2 Å². The molecule has 0 bridgehead atoms. The van der Waals surface area contributed by atoms with Gasteiger partial charge in [0.05, 0.1) is 0 Å². The van der Waals surface area contributed by atoms with Gasteiger partial charge >= 0.3 is 139 Å². The number of nitrogens with zero attached hydrogens (tertiary/aromatic N) is 1. The van der Waals surface area contributed by atoms with Crippen LogP contribution in [0.3, 0.4) is 0 Å². The fraction of sp³-hybridized carbons (Fsp3) is 0.417. The SMILES string of the molecule is CC[N]([Pb])CCOC(=O)c1c(Cl)ccc(Cl)c1OC. The van der Waals surface area contributed by atoms with Gasteiger partial charge in [0.2, 0.25) is 0 Å². The molecule has 0 aliphatic heterocycles. The minimum atomic E-state index is -0.518. The molecular formula is C12H14Cl2NO3Pb. The van der Waals surface area contributed by atoms with E-state index in [2.05, 4.69) is 9.63 Å². The van der Waals surface area contributed by atoms with Crippen molar-refractivity contribution in [1.29, 1.82) is 0 Å². The van der Waals surface area contributed by atoms with Crippen LogP contribution in [-0.4, -0.2) is 61.6 Å². The van der Waals surface area contributed by atoms with Crippen LogP contribution in [0.4, 0.5) is 0 Å². The van der Waals surface area contributed by atoms with Gasteiger partial charge in [-0.05, 0) is 0 Å². The van der Waals surface area contributed by atoms with Crippen molar-refractivity contribution < 1.29 is 14.3 Å². The third-order valence-corrected chi connectivity index (χ3v) is 5.15. The van der Waals surface area contributed by atoms with Crippen molar-refractivity contribution in [2.24, 2.45) is 0 Å². The molecule has 0 N–H and O–H groups in total. The molecule has 0 aliphatic carbocycles. The molecule has 0 spiro atoms. The molecule has 1 aromatic rings. The zero-order valence-electron chi connectivity index (χ0n) is 10.7. The van der Waals surface area contributed by atoms with Crippen molar-refractivity contribution in [1.82, 2.24) is 2.71 Å². The van der Waals surface area contributed by atoms with E-state index in [1.54, 1.807) is 12.1 Å². The third-order valence-electron chi connectivity index (χ3n) is 2.44. The molecule has 4 nitrogen and oxygen atoms in total. The number of ether oxygens (including phenoxy) is 2. The van der Waals surface area contributed by atoms with Gasteiger partial charge in [0.25, 0.3) is 0 Å². The molecule has 0 saturated carbocycles. The Morgan fingerprint density at radius 2 is 2.00 bits per heavy atom. The first-order chi connectivity index (χ1) is 9.01. The standard InChI is InChI=1S/C12H14Cl2NO3.Pb/c1-3-15-6-7-18-12(16)10-8(13)4-5-9(14)11(10)17-2;/h4-5H,3,6-7H2,1-2H3;/q-1;+1. The van der Waals surface area contributed by atoms with E-state index in [1.807, 2.05) is 0 Å². The first-order valence-electron chi connectivity index (χ1n) is 5.66. The molecular weight excluding hydrogens is 484 g/mol. The van der Waals surface area contributed by atoms with Crippen LogP contribution in [0.2, 0.25) is 10.0 Å². The van der Waals surface area contributed by atoms with Crippen LogP contribution in [0, 0.1) is 0 Å². The number of benzene rings is 1. The predicted molar refractivity (Wildman–Crippen MR) is 76.3 cm³/mol. The summed E-state index contributed by atoms with van der Waals surface area (Å²) >= 11 is 12.9. The zero-order valence-corrected chi connectivity index (χ0v) is 16.1. The summed E-state index contributed by atoms with van der Waals surface area (Å²) in [5.74, 6) is -0.270. The first-order valence-corrected chi connectivity index (χ1v) is 8.16. The fourth-order valence-corrected chi connectivity index (χ4v) is 2.22. The molecule has 3 radical (unpaired) electrons. The van der Waals surface area contributed by atoms with Crippen molar-refractivity contribution in [2.45, 2.75) is 6.92 Å². The van der Waals surface area contributed by atoms with Gasteiger partial charge in [-0.3, -0.25) is 0 Å². The average molecular weight is 498 g/mol. The summed E-state index contributed by atoms with van der Waals surface area (Å²) in [5, 5.41) is 0.599. The van der Waals surface area contributed by atoms with E-state index in [-0.39, 0.29) is 16.3 Å². The Morgan fingerprint density at radius 3 is 2.58 bits per heavy atom. The summed E-state index contributed by atoms with van der Waals surface area (Å²) in [6, 6.07) is 3.13. The number of carbonyl (C=O) groups is 1. The Kier molecular flexibility index (Phi) is 7.42. The van der Waals surface area contributed by atoms with E-state index in [4.69, 9.17) is 32.7 Å². The molecule has 0 aliphatic rings. The number of rotatable bonds is 6. The van der Waals surface area contributed by atoms with Crippen molar-refractivity contribution in [3.05, 3.63) is 27.7 Å². The number of hydrogen-bond acceptors (Lipinski definition) is 4. The topological polar surface area (TPSA) is 38.8 Å². The molecule has 0 atom stereocenters. The van der Waals surface area contributed by atoms with Gasteiger partial charge < -0.3 is 0 Å². The van der Waals surface area contributed by atoms with Gasteiger partial charge in [0, 0.05) is 0 Å². The monoisotopic (exact) mass is 498 g/mol. The maximum absolute atomic E-state index is 12.0. The van der Waals surface area contributed by atoms with Gasteiger partial charge in [-0.1, -0.05) is 0 Å². The average Bonchev–Trinajstić information content (AvgIpc) is 2.40. The number of esters is 1. The van der Waals surface area contributed by atoms with Gasteiger partial charge in [-0.15, -0.1) is 0 Å². The van der Waals surface area contributed by atoms with Gasteiger partial charge in [-0.25, -0.2) is 0 Å². The second-order valence-corrected chi connectivity index (χ2v) is 6.93. The van der Waals surface area contributed by atoms with Crippen molar-refractivity contribution in [3.8, 4) is 5.75 Å². The summed E-state index contributed by atoms with van der Waals surface area (Å²) < 4.78 is 12.5. The van der Waals surface area contributed by atoms with Crippen molar-refractivity contribution >= 4 is 55.2 Å². The number of carbonyl (C=O) groups excluding carboxylic acids is 1. The number of methoxy groups -OCH3 is 1. The molecule has 19 heavy (non-hydrogen) atoms. The Balaban J connectivity index is 2.79. The molecule has 0 amide bonds.